The van der Waals surface area contributed by atoms with E-state index in [-0.39, 0.29) is 5.91 Å². The number of aromatic amines is 1. The molecule has 134 valence electrons. The van der Waals surface area contributed by atoms with Crippen molar-refractivity contribution in [2.75, 3.05) is 6.54 Å². The zero-order chi connectivity index (χ0) is 17.4. The van der Waals surface area contributed by atoms with Gasteiger partial charge in [-0.25, -0.2) is 0 Å². The molecule has 0 radical (unpaired) electrons. The highest BCUT2D eigenvalue weighted by atomic mass is 16.3. The SMILES string of the molecule is CCc1ccc(C(=O)N2CCCn3nc([C@@H](O)C4CCC4)cc3C2)[nH]1. The lowest BCUT2D eigenvalue weighted by atomic mass is 9.80. The van der Waals surface area contributed by atoms with E-state index < -0.39 is 6.10 Å². The number of rotatable bonds is 4. The molecule has 0 unspecified atom stereocenters. The third-order valence-corrected chi connectivity index (χ3v) is 5.58. The molecule has 0 bridgehead atoms. The minimum absolute atomic E-state index is 0.0374. The van der Waals surface area contributed by atoms with E-state index in [1.807, 2.05) is 27.8 Å². The predicted molar refractivity (Wildman–Crippen MR) is 94.1 cm³/mol. The Morgan fingerprint density at radius 2 is 2.20 bits per heavy atom. The molecule has 2 aromatic heterocycles. The van der Waals surface area contributed by atoms with Crippen LogP contribution in [-0.2, 0) is 19.5 Å². The molecule has 2 N–H and O–H groups in total. The average molecular weight is 342 g/mol. The van der Waals surface area contributed by atoms with Gasteiger partial charge in [0.1, 0.15) is 11.8 Å². The summed E-state index contributed by atoms with van der Waals surface area (Å²) in [6.45, 7) is 4.13. The summed E-state index contributed by atoms with van der Waals surface area (Å²) in [5.74, 6) is 0.388. The number of nitrogens with zero attached hydrogens (tertiary/aromatic N) is 3. The zero-order valence-corrected chi connectivity index (χ0v) is 14.7. The highest BCUT2D eigenvalue weighted by Gasteiger charge is 2.30. The van der Waals surface area contributed by atoms with E-state index in [4.69, 9.17) is 0 Å². The van der Waals surface area contributed by atoms with Gasteiger partial charge in [0.25, 0.3) is 5.91 Å². The number of aromatic nitrogens is 3. The molecular weight excluding hydrogens is 316 g/mol. The van der Waals surface area contributed by atoms with E-state index in [1.165, 1.54) is 6.42 Å². The Labute approximate surface area is 147 Å². The Bertz CT molecular complexity index is 759. The maximum absolute atomic E-state index is 12.8. The Kier molecular flexibility index (Phi) is 4.37. The lowest BCUT2D eigenvalue weighted by molar-refractivity contribution is 0.0580. The number of nitrogens with one attached hydrogen (secondary N) is 1. The molecule has 1 atom stereocenters. The van der Waals surface area contributed by atoms with Gasteiger partial charge in [0, 0.05) is 18.8 Å². The zero-order valence-electron chi connectivity index (χ0n) is 14.7. The molecule has 1 aliphatic heterocycles. The predicted octanol–water partition coefficient (Wildman–Crippen LogP) is 2.65. The molecule has 2 aliphatic rings. The lowest BCUT2D eigenvalue weighted by Crippen LogP contribution is -2.31. The van der Waals surface area contributed by atoms with Crippen molar-refractivity contribution >= 4 is 5.91 Å². The van der Waals surface area contributed by atoms with Crippen LogP contribution < -0.4 is 0 Å². The molecule has 1 amide bonds. The highest BCUT2D eigenvalue weighted by molar-refractivity contribution is 5.92. The van der Waals surface area contributed by atoms with Crippen LogP contribution in [0.25, 0.3) is 0 Å². The van der Waals surface area contributed by atoms with Gasteiger partial charge in [-0.1, -0.05) is 13.3 Å². The van der Waals surface area contributed by atoms with Gasteiger partial charge in [-0.15, -0.1) is 0 Å². The maximum Gasteiger partial charge on any atom is 0.270 e. The number of hydrogen-bond donors (Lipinski definition) is 2. The van der Waals surface area contributed by atoms with Crippen molar-refractivity contribution in [1.29, 1.82) is 0 Å². The number of hydrogen-bond acceptors (Lipinski definition) is 3. The van der Waals surface area contributed by atoms with Crippen LogP contribution in [0, 0.1) is 5.92 Å². The van der Waals surface area contributed by atoms with Crippen LogP contribution in [0.3, 0.4) is 0 Å². The minimum Gasteiger partial charge on any atom is -0.386 e. The number of carbonyl (C=O) groups excluding carboxylic acids is 1. The summed E-state index contributed by atoms with van der Waals surface area (Å²) in [6, 6.07) is 5.83. The molecule has 1 fully saturated rings. The van der Waals surface area contributed by atoms with E-state index in [0.717, 1.165) is 55.9 Å². The van der Waals surface area contributed by atoms with Crippen molar-refractivity contribution in [2.45, 2.75) is 58.2 Å². The van der Waals surface area contributed by atoms with Gasteiger partial charge in [0.05, 0.1) is 17.9 Å². The maximum atomic E-state index is 12.8. The Hall–Kier alpha value is -2.08. The van der Waals surface area contributed by atoms with Crippen molar-refractivity contribution in [3.05, 3.63) is 41.0 Å². The van der Waals surface area contributed by atoms with Gasteiger partial charge < -0.3 is 15.0 Å². The van der Waals surface area contributed by atoms with Crippen molar-refractivity contribution in [1.82, 2.24) is 19.7 Å². The summed E-state index contributed by atoms with van der Waals surface area (Å²) in [5.41, 5.74) is 3.51. The number of aryl methyl sites for hydroxylation is 2. The number of aliphatic hydroxyl groups is 1. The Morgan fingerprint density at radius 1 is 1.36 bits per heavy atom. The summed E-state index contributed by atoms with van der Waals surface area (Å²) >= 11 is 0. The second kappa shape index (κ2) is 6.67. The number of aliphatic hydroxyl groups excluding tert-OH is 1. The molecule has 3 heterocycles. The molecule has 2 aromatic rings. The van der Waals surface area contributed by atoms with E-state index in [0.29, 0.717) is 18.2 Å². The lowest BCUT2D eigenvalue weighted by Gasteiger charge is -2.29. The normalized spacial score (nSPS) is 19.2. The molecule has 4 rings (SSSR count). The van der Waals surface area contributed by atoms with Crippen molar-refractivity contribution in [2.24, 2.45) is 5.92 Å². The fourth-order valence-corrected chi connectivity index (χ4v) is 3.74. The third kappa shape index (κ3) is 3.11. The van der Waals surface area contributed by atoms with Crippen molar-refractivity contribution < 1.29 is 9.90 Å². The number of amides is 1. The molecule has 6 nitrogen and oxygen atoms in total. The summed E-state index contributed by atoms with van der Waals surface area (Å²) < 4.78 is 1.97. The largest absolute Gasteiger partial charge is 0.386 e. The molecule has 0 saturated heterocycles. The molecule has 6 heteroatoms. The van der Waals surface area contributed by atoms with E-state index in [1.54, 1.807) is 0 Å². The first-order valence-electron chi connectivity index (χ1n) is 9.37. The van der Waals surface area contributed by atoms with E-state index in [2.05, 4.69) is 17.0 Å². The fourth-order valence-electron chi connectivity index (χ4n) is 3.74. The minimum atomic E-state index is -0.465. The van der Waals surface area contributed by atoms with Crippen LogP contribution in [-0.4, -0.2) is 37.2 Å². The molecular formula is C19H26N4O2. The van der Waals surface area contributed by atoms with Gasteiger partial charge >= 0.3 is 0 Å². The summed E-state index contributed by atoms with van der Waals surface area (Å²) in [6.07, 6.45) is 4.67. The van der Waals surface area contributed by atoms with Gasteiger partial charge in [-0.05, 0) is 49.8 Å². The summed E-state index contributed by atoms with van der Waals surface area (Å²) in [4.78, 5) is 17.9. The first kappa shape index (κ1) is 16.4. The number of H-pyrrole nitrogens is 1. The Morgan fingerprint density at radius 3 is 2.88 bits per heavy atom. The fraction of sp³-hybridized carbons (Fsp3) is 0.579. The van der Waals surface area contributed by atoms with Crippen LogP contribution in [0.4, 0.5) is 0 Å². The summed E-state index contributed by atoms with van der Waals surface area (Å²) in [5, 5.41) is 15.1. The van der Waals surface area contributed by atoms with Crippen LogP contribution in [0.15, 0.2) is 18.2 Å². The van der Waals surface area contributed by atoms with E-state index >= 15 is 0 Å². The second-order valence-electron chi connectivity index (χ2n) is 7.25. The molecule has 1 saturated carbocycles. The smallest absolute Gasteiger partial charge is 0.270 e. The van der Waals surface area contributed by atoms with Gasteiger partial charge in [-0.3, -0.25) is 9.48 Å². The van der Waals surface area contributed by atoms with Gasteiger partial charge in [0.15, 0.2) is 0 Å². The standard InChI is InChI=1S/C19H26N4O2/c1-2-14-7-8-16(20-14)19(25)22-9-4-10-23-15(12-22)11-17(21-23)18(24)13-5-3-6-13/h7-8,11,13,18,20,24H,2-6,9-10,12H2,1H3/t18-/m0/s1. The first-order chi connectivity index (χ1) is 12.2. The van der Waals surface area contributed by atoms with Gasteiger partial charge in [-0.2, -0.15) is 5.10 Å². The van der Waals surface area contributed by atoms with Crippen molar-refractivity contribution in [3.63, 3.8) is 0 Å². The Balaban J connectivity index is 1.52. The monoisotopic (exact) mass is 342 g/mol. The number of carbonyl (C=O) groups is 1. The third-order valence-electron chi connectivity index (χ3n) is 5.58. The number of fused-ring (bicyclic) bond motifs is 1. The molecule has 0 spiro atoms. The quantitative estimate of drug-likeness (QED) is 0.897. The topological polar surface area (TPSA) is 74.2 Å². The molecule has 0 aromatic carbocycles. The summed E-state index contributed by atoms with van der Waals surface area (Å²) in [7, 11) is 0. The second-order valence-corrected chi connectivity index (χ2v) is 7.25. The first-order valence-corrected chi connectivity index (χ1v) is 9.37. The van der Waals surface area contributed by atoms with E-state index in [9.17, 15) is 9.90 Å². The molecule has 25 heavy (non-hydrogen) atoms. The van der Waals surface area contributed by atoms with Crippen LogP contribution in [0.5, 0.6) is 0 Å². The van der Waals surface area contributed by atoms with Crippen LogP contribution in [0.1, 0.15) is 66.3 Å². The molecule has 1 aliphatic carbocycles. The van der Waals surface area contributed by atoms with Crippen LogP contribution in [0.2, 0.25) is 0 Å². The van der Waals surface area contributed by atoms with Crippen molar-refractivity contribution in [3.8, 4) is 0 Å². The van der Waals surface area contributed by atoms with Crippen LogP contribution >= 0.6 is 0 Å². The van der Waals surface area contributed by atoms with Gasteiger partial charge in [0.2, 0.25) is 0 Å². The average Bonchev–Trinajstić information content (AvgIpc) is 3.15. The highest BCUT2D eigenvalue weighted by Crippen LogP contribution is 2.37.